The molecule has 10 nitrogen and oxygen atoms in total. The van der Waals surface area contributed by atoms with Gasteiger partial charge in [-0.15, -0.1) is 0 Å². The number of para-hydroxylation sites is 1. The van der Waals surface area contributed by atoms with Crippen LogP contribution >= 0.6 is 7.82 Å². The summed E-state index contributed by atoms with van der Waals surface area (Å²) >= 11 is 0. The third-order valence-electron chi connectivity index (χ3n) is 8.84. The Morgan fingerprint density at radius 3 is 2.24 bits per heavy atom. The molecule has 6 rings (SSSR count). The van der Waals surface area contributed by atoms with Gasteiger partial charge in [-0.1, -0.05) is 30.3 Å². The van der Waals surface area contributed by atoms with Crippen molar-refractivity contribution in [3.63, 3.8) is 0 Å². The number of carbonyl (C=O) groups excluding carboxylic acids is 1. The fourth-order valence-electron chi connectivity index (χ4n) is 7.29. The molecule has 0 heterocycles. The summed E-state index contributed by atoms with van der Waals surface area (Å²) in [6.45, 7) is -0.903. The van der Waals surface area contributed by atoms with Crippen molar-refractivity contribution in [1.82, 2.24) is 0 Å². The molecule has 4 fully saturated rings. The van der Waals surface area contributed by atoms with Gasteiger partial charge in [0, 0.05) is 12.8 Å². The van der Waals surface area contributed by atoms with E-state index in [1.165, 1.54) is 44.1 Å². The Kier molecular flexibility index (Phi) is 9.70. The van der Waals surface area contributed by atoms with Crippen molar-refractivity contribution in [3.8, 4) is 11.5 Å². The predicted octanol–water partition coefficient (Wildman–Crippen LogP) is 5.36. The van der Waals surface area contributed by atoms with Gasteiger partial charge in [0.2, 0.25) is 0 Å². The highest BCUT2D eigenvalue weighted by atomic mass is 31.2. The molecule has 2 aromatic carbocycles. The molecule has 0 aromatic heterocycles. The topological polar surface area (TPSA) is 155 Å². The molecule has 0 aliphatic heterocycles. The molecule has 4 bridgehead atoms. The molecule has 0 saturated heterocycles. The van der Waals surface area contributed by atoms with Crippen molar-refractivity contribution in [2.75, 3.05) is 19.8 Å². The van der Waals surface area contributed by atoms with Crippen molar-refractivity contribution in [1.29, 1.82) is 0 Å². The number of carboxylic acid groups (broad SMARTS) is 1. The zero-order chi connectivity index (χ0) is 29.7. The van der Waals surface area contributed by atoms with Gasteiger partial charge in [0.1, 0.15) is 17.5 Å². The Labute approximate surface area is 246 Å². The number of benzene rings is 2. The Balaban J connectivity index is 1.05. The maximum Gasteiger partial charge on any atom is 0.472 e. The lowest BCUT2D eigenvalue weighted by Gasteiger charge is -2.57. The monoisotopic (exact) mass is 601 g/mol. The van der Waals surface area contributed by atoms with Crippen molar-refractivity contribution in [2.45, 2.75) is 69.2 Å². The number of aliphatic carboxylic acids is 1. The number of rotatable bonds is 15. The second-order valence-electron chi connectivity index (χ2n) is 12.0. The van der Waals surface area contributed by atoms with Crippen LogP contribution in [0.5, 0.6) is 11.5 Å². The number of phosphoric acid groups is 1. The molecule has 4 aliphatic carbocycles. The van der Waals surface area contributed by atoms with E-state index in [1.54, 1.807) is 0 Å². The number of ether oxygens (including phenoxy) is 2. The zero-order valence-electron chi connectivity index (χ0n) is 23.7. The molecule has 0 radical (unpaired) electrons. The Bertz CT molecular complexity index is 1260. The number of phosphoric ester groups is 1. The number of nitrogens with two attached hydrogens (primary N) is 1. The maximum absolute atomic E-state index is 12.3. The molecule has 1 unspecified atom stereocenters. The van der Waals surface area contributed by atoms with E-state index in [4.69, 9.17) is 24.8 Å². The van der Waals surface area contributed by atoms with E-state index < -0.39 is 32.4 Å². The molecule has 0 spiro atoms. The average molecular weight is 602 g/mol. The number of hydrogen-bond acceptors (Lipinski definition) is 8. The predicted molar refractivity (Wildman–Crippen MR) is 154 cm³/mol. The van der Waals surface area contributed by atoms with Crippen LogP contribution in [0.1, 0.15) is 62.5 Å². The second kappa shape index (κ2) is 13.3. The highest BCUT2D eigenvalue weighted by Gasteiger charge is 2.51. The largest absolute Gasteiger partial charge is 0.480 e. The molecule has 42 heavy (non-hydrogen) atoms. The number of carbonyl (C=O) groups is 2. The second-order valence-corrected chi connectivity index (χ2v) is 13.5. The summed E-state index contributed by atoms with van der Waals surface area (Å²) in [7, 11) is -4.45. The molecule has 2 aromatic rings. The van der Waals surface area contributed by atoms with E-state index in [0.29, 0.717) is 17.6 Å². The molecule has 4 saturated carbocycles. The zero-order valence-corrected chi connectivity index (χ0v) is 24.6. The van der Waals surface area contributed by atoms with Gasteiger partial charge >= 0.3 is 19.8 Å². The van der Waals surface area contributed by atoms with Crippen LogP contribution in [0.15, 0.2) is 48.5 Å². The number of esters is 1. The van der Waals surface area contributed by atoms with Gasteiger partial charge in [0.15, 0.2) is 0 Å². The van der Waals surface area contributed by atoms with Crippen LogP contribution in [0, 0.1) is 17.8 Å². The van der Waals surface area contributed by atoms with Gasteiger partial charge in [-0.2, -0.15) is 0 Å². The average Bonchev–Trinajstić information content (AvgIpc) is 2.95. The third-order valence-corrected chi connectivity index (χ3v) is 9.83. The molecule has 2 atom stereocenters. The lowest BCUT2D eigenvalue weighted by atomic mass is 9.48. The first kappa shape index (κ1) is 30.7. The molecule has 11 heteroatoms. The standard InChI is InChI=1S/C31H40NO9P/c32-27(30(34)35)20-40-42(36,37)39-13-3-12-38-29(33)11-6-24-4-1-2-5-28(24)41-26-9-7-25(8-10-26)31-17-21-14-22(18-31)16-23(15-21)19-31/h1-2,4-5,7-10,21-23,27H,3,6,11-20,32H2,(H,34,35)(H,36,37)/t21?,22?,23?,27-,31?/m0/s1. The molecular formula is C31H40NO9P. The van der Waals surface area contributed by atoms with Crippen LogP contribution in [0.2, 0.25) is 0 Å². The minimum absolute atomic E-state index is 0.0122. The van der Waals surface area contributed by atoms with E-state index in [9.17, 15) is 19.0 Å². The summed E-state index contributed by atoms with van der Waals surface area (Å²) in [6, 6.07) is 14.8. The Morgan fingerprint density at radius 1 is 0.952 bits per heavy atom. The smallest absolute Gasteiger partial charge is 0.472 e. The van der Waals surface area contributed by atoms with E-state index in [0.717, 1.165) is 29.1 Å². The van der Waals surface area contributed by atoms with Gasteiger partial charge in [0.25, 0.3) is 0 Å². The molecule has 4 N–H and O–H groups in total. The first-order valence-electron chi connectivity index (χ1n) is 14.7. The summed E-state index contributed by atoms with van der Waals surface area (Å²) < 4.78 is 32.5. The van der Waals surface area contributed by atoms with Gasteiger partial charge in [-0.3, -0.25) is 18.6 Å². The number of hydrogen-bond donors (Lipinski definition) is 3. The highest BCUT2D eigenvalue weighted by molar-refractivity contribution is 7.47. The normalized spacial score (nSPS) is 26.4. The minimum Gasteiger partial charge on any atom is -0.480 e. The lowest BCUT2D eigenvalue weighted by molar-refractivity contribution is -0.143. The van der Waals surface area contributed by atoms with E-state index in [2.05, 4.69) is 28.8 Å². The fraction of sp³-hybridized carbons (Fsp3) is 0.548. The SMILES string of the molecule is N[C@@H](COP(=O)(O)OCCCOC(=O)CCc1ccccc1Oc1ccc(C23CC4CC(CC(C4)C2)C3)cc1)C(=O)O. The summed E-state index contributed by atoms with van der Waals surface area (Å²) in [5.41, 5.74) is 7.91. The summed E-state index contributed by atoms with van der Waals surface area (Å²) in [6.07, 6.45) is 8.98. The Morgan fingerprint density at radius 2 is 1.60 bits per heavy atom. The van der Waals surface area contributed by atoms with Gasteiger partial charge < -0.3 is 25.2 Å². The van der Waals surface area contributed by atoms with Crippen LogP contribution in [-0.2, 0) is 39.8 Å². The van der Waals surface area contributed by atoms with Crippen molar-refractivity contribution < 1.29 is 42.7 Å². The van der Waals surface area contributed by atoms with E-state index in [-0.39, 0.29) is 26.1 Å². The lowest BCUT2D eigenvalue weighted by Crippen LogP contribution is -2.48. The van der Waals surface area contributed by atoms with Crippen molar-refractivity contribution in [2.24, 2.45) is 23.5 Å². The van der Waals surface area contributed by atoms with Gasteiger partial charge in [-0.05, 0) is 97.4 Å². The van der Waals surface area contributed by atoms with E-state index >= 15 is 0 Å². The van der Waals surface area contributed by atoms with Gasteiger partial charge in [-0.25, -0.2) is 4.57 Å². The van der Waals surface area contributed by atoms with Gasteiger partial charge in [0.05, 0.1) is 19.8 Å². The van der Waals surface area contributed by atoms with Crippen molar-refractivity contribution >= 4 is 19.8 Å². The summed E-state index contributed by atoms with van der Waals surface area (Å²) in [4.78, 5) is 32.5. The first-order chi connectivity index (χ1) is 20.1. The number of carboxylic acids is 1. The summed E-state index contributed by atoms with van der Waals surface area (Å²) in [5.74, 6) is 2.38. The maximum atomic E-state index is 12.3. The van der Waals surface area contributed by atoms with Crippen LogP contribution in [0.25, 0.3) is 0 Å². The molecule has 228 valence electrons. The van der Waals surface area contributed by atoms with Crippen LogP contribution in [-0.4, -0.2) is 47.8 Å². The third kappa shape index (κ3) is 7.79. The molecule has 0 amide bonds. The number of aryl methyl sites for hydroxylation is 1. The van der Waals surface area contributed by atoms with E-state index in [1.807, 2.05) is 24.3 Å². The summed E-state index contributed by atoms with van der Waals surface area (Å²) in [5, 5.41) is 8.68. The van der Waals surface area contributed by atoms with Crippen LogP contribution < -0.4 is 10.5 Å². The minimum atomic E-state index is -4.45. The fourth-order valence-corrected chi connectivity index (χ4v) is 8.08. The Hall–Kier alpha value is -2.75. The first-order valence-corrected chi connectivity index (χ1v) is 16.2. The highest BCUT2D eigenvalue weighted by Crippen LogP contribution is 2.60. The van der Waals surface area contributed by atoms with Crippen LogP contribution in [0.3, 0.4) is 0 Å². The molecule has 4 aliphatic rings. The quantitative estimate of drug-likeness (QED) is 0.138. The van der Waals surface area contributed by atoms with Crippen LogP contribution in [0.4, 0.5) is 0 Å². The van der Waals surface area contributed by atoms with Crippen molar-refractivity contribution in [3.05, 3.63) is 59.7 Å². The molecular weight excluding hydrogens is 561 g/mol.